The first-order chi connectivity index (χ1) is 9.61. The molecule has 1 aromatic rings. The number of carbonyl (C=O) groups excluding carboxylic acids is 1. The van der Waals surface area contributed by atoms with E-state index in [1.54, 1.807) is 11.3 Å². The average Bonchev–Trinajstić information content (AvgIpc) is 2.70. The van der Waals surface area contributed by atoms with Crippen LogP contribution in [0.3, 0.4) is 0 Å². The van der Waals surface area contributed by atoms with E-state index >= 15 is 0 Å². The fourth-order valence-corrected chi connectivity index (χ4v) is 3.53. The normalized spacial score (nSPS) is 12.3. The summed E-state index contributed by atoms with van der Waals surface area (Å²) in [5.74, 6) is -0.159. The van der Waals surface area contributed by atoms with Crippen molar-refractivity contribution in [2.24, 2.45) is 5.41 Å². The lowest BCUT2D eigenvalue weighted by Gasteiger charge is -2.33. The van der Waals surface area contributed by atoms with E-state index in [1.807, 2.05) is 12.3 Å². The van der Waals surface area contributed by atoms with E-state index in [0.717, 1.165) is 17.2 Å². The number of anilines is 1. The van der Waals surface area contributed by atoms with Crippen LogP contribution >= 0.6 is 11.3 Å². The van der Waals surface area contributed by atoms with Gasteiger partial charge in [-0.3, -0.25) is 4.79 Å². The lowest BCUT2D eigenvalue weighted by Crippen LogP contribution is -2.35. The Bertz CT molecular complexity index is 461. The first-order valence-electron chi connectivity index (χ1n) is 7.49. The number of nitrogens with one attached hydrogen (secondary N) is 1. The highest BCUT2D eigenvalue weighted by Gasteiger charge is 2.26. The molecule has 21 heavy (non-hydrogen) atoms. The maximum atomic E-state index is 11.3. The van der Waals surface area contributed by atoms with Gasteiger partial charge in [0, 0.05) is 17.3 Å². The van der Waals surface area contributed by atoms with Crippen molar-refractivity contribution in [2.75, 3.05) is 11.9 Å². The smallest absolute Gasteiger partial charge is 0.306 e. The fraction of sp³-hybridized carbons (Fsp3) is 0.750. The Morgan fingerprint density at radius 2 is 2.00 bits per heavy atom. The lowest BCUT2D eigenvalue weighted by atomic mass is 9.82. The highest BCUT2D eigenvalue weighted by molar-refractivity contribution is 7.13. The SMILES string of the molecule is CCOC(=O)CCc1csc(NC(C)(C)CC(C)(C)C)n1. The number of aryl methyl sites for hydroxylation is 1. The Morgan fingerprint density at radius 1 is 1.33 bits per heavy atom. The molecular formula is C16H28N2O2S. The lowest BCUT2D eigenvalue weighted by molar-refractivity contribution is -0.143. The van der Waals surface area contributed by atoms with E-state index in [-0.39, 0.29) is 16.9 Å². The van der Waals surface area contributed by atoms with Crippen molar-refractivity contribution in [1.29, 1.82) is 0 Å². The number of hydrogen-bond donors (Lipinski definition) is 1. The summed E-state index contributed by atoms with van der Waals surface area (Å²) in [6, 6.07) is 0. The second kappa shape index (κ2) is 7.25. The molecule has 1 N–H and O–H groups in total. The van der Waals surface area contributed by atoms with Crippen LogP contribution in [0.4, 0.5) is 5.13 Å². The number of esters is 1. The molecule has 0 aliphatic heterocycles. The summed E-state index contributed by atoms with van der Waals surface area (Å²) in [6.07, 6.45) is 2.08. The molecule has 0 aliphatic rings. The first kappa shape index (κ1) is 18.0. The van der Waals surface area contributed by atoms with Gasteiger partial charge in [-0.15, -0.1) is 11.3 Å². The number of nitrogens with zero attached hydrogens (tertiary/aromatic N) is 1. The van der Waals surface area contributed by atoms with Gasteiger partial charge in [0.25, 0.3) is 0 Å². The van der Waals surface area contributed by atoms with E-state index in [1.165, 1.54) is 0 Å². The molecule has 0 spiro atoms. The maximum Gasteiger partial charge on any atom is 0.306 e. The topological polar surface area (TPSA) is 51.2 Å². The van der Waals surface area contributed by atoms with Gasteiger partial charge >= 0.3 is 5.97 Å². The second-order valence-electron chi connectivity index (χ2n) is 7.20. The number of carbonyl (C=O) groups is 1. The number of rotatable bonds is 7. The quantitative estimate of drug-likeness (QED) is 0.764. The number of ether oxygens (including phenoxy) is 1. The van der Waals surface area contributed by atoms with E-state index < -0.39 is 0 Å². The molecule has 1 rings (SSSR count). The molecule has 4 nitrogen and oxygen atoms in total. The van der Waals surface area contributed by atoms with E-state index in [9.17, 15) is 4.79 Å². The van der Waals surface area contributed by atoms with Gasteiger partial charge < -0.3 is 10.1 Å². The third-order valence-corrected chi connectivity index (χ3v) is 3.67. The Labute approximate surface area is 132 Å². The molecule has 0 fully saturated rings. The minimum absolute atomic E-state index is 0.00544. The predicted molar refractivity (Wildman–Crippen MR) is 88.8 cm³/mol. The molecule has 1 heterocycles. The van der Waals surface area contributed by atoms with Crippen LogP contribution < -0.4 is 5.32 Å². The third-order valence-electron chi connectivity index (χ3n) is 2.86. The minimum atomic E-state index is -0.159. The Balaban J connectivity index is 2.53. The van der Waals surface area contributed by atoms with Gasteiger partial charge in [-0.2, -0.15) is 0 Å². The second-order valence-corrected chi connectivity index (χ2v) is 8.05. The van der Waals surface area contributed by atoms with Crippen molar-refractivity contribution in [2.45, 2.75) is 66.3 Å². The first-order valence-corrected chi connectivity index (χ1v) is 8.37. The van der Waals surface area contributed by atoms with Gasteiger partial charge in [-0.25, -0.2) is 4.98 Å². The number of hydrogen-bond acceptors (Lipinski definition) is 5. The molecule has 0 amide bonds. The molecule has 0 saturated heterocycles. The van der Waals surface area contributed by atoms with Crippen molar-refractivity contribution >= 4 is 22.4 Å². The summed E-state index contributed by atoms with van der Waals surface area (Å²) in [5, 5.41) is 6.43. The molecule has 0 saturated carbocycles. The average molecular weight is 312 g/mol. The highest BCUT2D eigenvalue weighted by atomic mass is 32.1. The Morgan fingerprint density at radius 3 is 2.57 bits per heavy atom. The van der Waals surface area contributed by atoms with Gasteiger partial charge in [-0.05, 0) is 32.6 Å². The van der Waals surface area contributed by atoms with Crippen molar-refractivity contribution < 1.29 is 9.53 Å². The van der Waals surface area contributed by atoms with Crippen molar-refractivity contribution in [1.82, 2.24) is 4.98 Å². The van der Waals surface area contributed by atoms with Gasteiger partial charge in [0.2, 0.25) is 0 Å². The summed E-state index contributed by atoms with van der Waals surface area (Å²) in [5.41, 5.74) is 1.21. The molecule has 120 valence electrons. The summed E-state index contributed by atoms with van der Waals surface area (Å²) in [6.45, 7) is 13.4. The Hall–Kier alpha value is -1.10. The third kappa shape index (κ3) is 7.46. The maximum absolute atomic E-state index is 11.3. The summed E-state index contributed by atoms with van der Waals surface area (Å²) in [7, 11) is 0. The molecule has 1 aromatic heterocycles. The summed E-state index contributed by atoms with van der Waals surface area (Å²) >= 11 is 1.59. The van der Waals surface area contributed by atoms with Crippen LogP contribution in [-0.2, 0) is 16.0 Å². The van der Waals surface area contributed by atoms with Gasteiger partial charge in [-0.1, -0.05) is 20.8 Å². The van der Waals surface area contributed by atoms with E-state index in [2.05, 4.69) is 44.9 Å². The number of thiazole rings is 1. The van der Waals surface area contributed by atoms with Crippen LogP contribution in [0.1, 0.15) is 60.1 Å². The highest BCUT2D eigenvalue weighted by Crippen LogP contribution is 2.30. The summed E-state index contributed by atoms with van der Waals surface area (Å²) < 4.78 is 4.93. The fourth-order valence-electron chi connectivity index (χ4n) is 2.60. The standard InChI is InChI=1S/C16H28N2O2S/c1-7-20-13(19)9-8-12-10-21-14(17-12)18-16(5,6)11-15(2,3)4/h10H,7-9,11H2,1-6H3,(H,17,18). The van der Waals surface area contributed by atoms with Crippen LogP contribution in [0.25, 0.3) is 0 Å². The molecule has 0 radical (unpaired) electrons. The van der Waals surface area contributed by atoms with Crippen LogP contribution in [-0.4, -0.2) is 23.1 Å². The molecular weight excluding hydrogens is 284 g/mol. The van der Waals surface area contributed by atoms with Crippen LogP contribution in [0.2, 0.25) is 0 Å². The van der Waals surface area contributed by atoms with Crippen molar-refractivity contribution in [3.63, 3.8) is 0 Å². The van der Waals surface area contributed by atoms with Gasteiger partial charge in [0.15, 0.2) is 5.13 Å². The van der Waals surface area contributed by atoms with E-state index in [0.29, 0.717) is 19.4 Å². The van der Waals surface area contributed by atoms with Crippen molar-refractivity contribution in [3.8, 4) is 0 Å². The largest absolute Gasteiger partial charge is 0.466 e. The molecule has 0 unspecified atom stereocenters. The van der Waals surface area contributed by atoms with Crippen LogP contribution in [0, 0.1) is 5.41 Å². The molecule has 0 aliphatic carbocycles. The monoisotopic (exact) mass is 312 g/mol. The van der Waals surface area contributed by atoms with E-state index in [4.69, 9.17) is 4.74 Å². The molecule has 0 bridgehead atoms. The summed E-state index contributed by atoms with van der Waals surface area (Å²) in [4.78, 5) is 15.9. The molecule has 0 atom stereocenters. The minimum Gasteiger partial charge on any atom is -0.466 e. The molecule has 0 aromatic carbocycles. The molecule has 5 heteroatoms. The number of aromatic nitrogens is 1. The van der Waals surface area contributed by atoms with Crippen molar-refractivity contribution in [3.05, 3.63) is 11.1 Å². The zero-order chi connectivity index (χ0) is 16.1. The van der Waals surface area contributed by atoms with Gasteiger partial charge in [0.05, 0.1) is 18.7 Å². The van der Waals surface area contributed by atoms with Crippen LogP contribution in [0.5, 0.6) is 0 Å². The Kier molecular flexibility index (Phi) is 6.20. The zero-order valence-corrected chi connectivity index (χ0v) is 14.9. The van der Waals surface area contributed by atoms with Crippen LogP contribution in [0.15, 0.2) is 5.38 Å². The van der Waals surface area contributed by atoms with Gasteiger partial charge in [0.1, 0.15) is 0 Å². The predicted octanol–water partition coefficient (Wildman–Crippen LogP) is 4.27. The zero-order valence-electron chi connectivity index (χ0n) is 14.1.